The molecule has 0 aliphatic rings. The molecule has 2 N–H and O–H groups in total. The predicted molar refractivity (Wildman–Crippen MR) is 129 cm³/mol. The minimum absolute atomic E-state index is 0.0253. The molecule has 0 unspecified atom stereocenters. The third-order valence-corrected chi connectivity index (χ3v) is 6.18. The van der Waals surface area contributed by atoms with Gasteiger partial charge in [-0.05, 0) is 47.7 Å². The Kier molecular flexibility index (Phi) is 6.43. The Morgan fingerprint density at radius 2 is 1.71 bits per heavy atom. The van der Waals surface area contributed by atoms with Crippen LogP contribution in [0.15, 0.2) is 79.0 Å². The molecule has 4 aromatic rings. The summed E-state index contributed by atoms with van der Waals surface area (Å²) in [6.07, 6.45) is 3.37. The molecule has 1 amide bonds. The maximum absolute atomic E-state index is 13.1. The third kappa shape index (κ3) is 4.67. The molecule has 1 aromatic heterocycles. The van der Waals surface area contributed by atoms with Crippen LogP contribution in [0.5, 0.6) is 0 Å². The molecule has 158 valence electrons. The van der Waals surface area contributed by atoms with Gasteiger partial charge in [-0.2, -0.15) is 0 Å². The van der Waals surface area contributed by atoms with Gasteiger partial charge < -0.3 is 10.3 Å². The average Bonchev–Trinajstić information content (AvgIpc) is 3.23. The van der Waals surface area contributed by atoms with E-state index in [1.54, 1.807) is 0 Å². The monoisotopic (exact) mass is 430 g/mol. The molecule has 2 atom stereocenters. The summed E-state index contributed by atoms with van der Waals surface area (Å²) in [5.41, 5.74) is 5.74. The van der Waals surface area contributed by atoms with E-state index in [4.69, 9.17) is 11.6 Å². The highest BCUT2D eigenvalue weighted by atomic mass is 35.5. The Morgan fingerprint density at radius 1 is 0.968 bits per heavy atom. The smallest absolute Gasteiger partial charge is 0.221 e. The van der Waals surface area contributed by atoms with E-state index in [-0.39, 0.29) is 17.9 Å². The summed E-state index contributed by atoms with van der Waals surface area (Å²) in [7, 11) is 0. The van der Waals surface area contributed by atoms with Crippen LogP contribution in [0.3, 0.4) is 0 Å². The van der Waals surface area contributed by atoms with Gasteiger partial charge in [0.2, 0.25) is 5.91 Å². The second kappa shape index (κ2) is 9.40. The number of nitrogens with one attached hydrogen (secondary N) is 2. The Hall–Kier alpha value is -3.04. The Morgan fingerprint density at radius 3 is 2.42 bits per heavy atom. The van der Waals surface area contributed by atoms with Crippen molar-refractivity contribution in [2.45, 2.75) is 38.6 Å². The average molecular weight is 431 g/mol. The first-order valence-electron chi connectivity index (χ1n) is 10.8. The summed E-state index contributed by atoms with van der Waals surface area (Å²) < 4.78 is 0. The van der Waals surface area contributed by atoms with Crippen molar-refractivity contribution in [2.24, 2.45) is 0 Å². The van der Waals surface area contributed by atoms with Crippen LogP contribution in [0.1, 0.15) is 54.5 Å². The van der Waals surface area contributed by atoms with Crippen molar-refractivity contribution in [3.05, 3.63) is 106 Å². The summed E-state index contributed by atoms with van der Waals surface area (Å²) in [6.45, 7) is 4.17. The summed E-state index contributed by atoms with van der Waals surface area (Å²) in [5, 5.41) is 5.03. The van der Waals surface area contributed by atoms with E-state index >= 15 is 0 Å². The van der Waals surface area contributed by atoms with Gasteiger partial charge in [-0.15, -0.1) is 0 Å². The number of aromatic nitrogens is 1. The zero-order valence-electron chi connectivity index (χ0n) is 17.9. The van der Waals surface area contributed by atoms with Crippen molar-refractivity contribution >= 4 is 28.4 Å². The van der Waals surface area contributed by atoms with E-state index in [0.717, 1.165) is 28.6 Å². The Bertz CT molecular complexity index is 1170. The molecule has 0 aliphatic heterocycles. The zero-order chi connectivity index (χ0) is 21.8. The van der Waals surface area contributed by atoms with Gasteiger partial charge in [0.1, 0.15) is 0 Å². The van der Waals surface area contributed by atoms with E-state index in [2.05, 4.69) is 41.6 Å². The van der Waals surface area contributed by atoms with Crippen LogP contribution in [-0.4, -0.2) is 10.9 Å². The number of aryl methyl sites for hydroxylation is 1. The molecule has 31 heavy (non-hydrogen) atoms. The summed E-state index contributed by atoms with van der Waals surface area (Å²) in [5.74, 6) is -0.0432. The van der Waals surface area contributed by atoms with Crippen LogP contribution in [0.25, 0.3) is 10.9 Å². The highest BCUT2D eigenvalue weighted by Gasteiger charge is 2.23. The largest absolute Gasteiger partial charge is 0.361 e. The SMILES string of the molecule is CCc1cccc2c([C@H](CC(=O)N[C@@H](C)c3ccccc3)c3ccc(Cl)cc3)c[nH]c12. The first-order chi connectivity index (χ1) is 15.1. The van der Waals surface area contributed by atoms with Gasteiger partial charge >= 0.3 is 0 Å². The van der Waals surface area contributed by atoms with E-state index in [9.17, 15) is 4.79 Å². The number of amides is 1. The summed E-state index contributed by atoms with van der Waals surface area (Å²) >= 11 is 6.13. The number of benzene rings is 3. The van der Waals surface area contributed by atoms with Crippen LogP contribution >= 0.6 is 11.6 Å². The Labute approximate surface area is 188 Å². The molecular weight excluding hydrogens is 404 g/mol. The van der Waals surface area contributed by atoms with Crippen molar-refractivity contribution in [1.29, 1.82) is 0 Å². The highest BCUT2D eigenvalue weighted by Crippen LogP contribution is 2.35. The number of halogens is 1. The van der Waals surface area contributed by atoms with Crippen molar-refractivity contribution in [3.63, 3.8) is 0 Å². The fourth-order valence-corrected chi connectivity index (χ4v) is 4.36. The topological polar surface area (TPSA) is 44.9 Å². The predicted octanol–water partition coefficient (Wildman–Crippen LogP) is 6.78. The number of carbonyl (C=O) groups is 1. The molecule has 0 bridgehead atoms. The minimum atomic E-state index is -0.0684. The van der Waals surface area contributed by atoms with Gasteiger partial charge in [0.05, 0.1) is 6.04 Å². The lowest BCUT2D eigenvalue weighted by Crippen LogP contribution is -2.28. The van der Waals surface area contributed by atoms with Gasteiger partial charge in [-0.3, -0.25) is 4.79 Å². The van der Waals surface area contributed by atoms with Crippen molar-refractivity contribution in [2.75, 3.05) is 0 Å². The van der Waals surface area contributed by atoms with Gasteiger partial charge in [0.25, 0.3) is 0 Å². The molecule has 4 heteroatoms. The molecule has 0 spiro atoms. The summed E-state index contributed by atoms with van der Waals surface area (Å²) in [4.78, 5) is 16.5. The molecule has 4 rings (SSSR count). The lowest BCUT2D eigenvalue weighted by molar-refractivity contribution is -0.121. The number of aromatic amines is 1. The Balaban J connectivity index is 1.66. The molecular formula is C27H27ClN2O. The number of rotatable bonds is 7. The van der Waals surface area contributed by atoms with Crippen molar-refractivity contribution in [3.8, 4) is 0 Å². The molecule has 0 radical (unpaired) electrons. The summed E-state index contributed by atoms with van der Waals surface area (Å²) in [6, 6.07) is 24.2. The first-order valence-corrected chi connectivity index (χ1v) is 11.1. The molecule has 0 saturated carbocycles. The molecule has 0 aliphatic carbocycles. The number of hydrogen-bond donors (Lipinski definition) is 2. The van der Waals surface area contributed by atoms with E-state index in [1.807, 2.05) is 61.5 Å². The maximum atomic E-state index is 13.1. The molecule has 3 aromatic carbocycles. The number of fused-ring (bicyclic) bond motifs is 1. The standard InChI is InChI=1S/C27H27ClN2O/c1-3-19-10-7-11-23-25(17-29-27(19)23)24(21-12-14-22(28)15-13-21)16-26(31)30-18(2)20-8-5-4-6-9-20/h4-15,17-18,24,29H,3,16H2,1-2H3,(H,30,31)/t18-,24+/m0/s1. The number of para-hydroxylation sites is 1. The second-order valence-electron chi connectivity index (χ2n) is 7.95. The lowest BCUT2D eigenvalue weighted by Gasteiger charge is -2.20. The fraction of sp³-hybridized carbons (Fsp3) is 0.222. The van der Waals surface area contributed by atoms with Gasteiger partial charge in [-0.1, -0.05) is 79.2 Å². The van der Waals surface area contributed by atoms with Crippen LogP contribution in [0.2, 0.25) is 5.02 Å². The third-order valence-electron chi connectivity index (χ3n) is 5.93. The van der Waals surface area contributed by atoms with Gasteiger partial charge in [-0.25, -0.2) is 0 Å². The lowest BCUT2D eigenvalue weighted by atomic mass is 9.87. The second-order valence-corrected chi connectivity index (χ2v) is 8.38. The van der Waals surface area contributed by atoms with Crippen molar-refractivity contribution in [1.82, 2.24) is 10.3 Å². The van der Waals surface area contributed by atoms with Crippen LogP contribution in [0.4, 0.5) is 0 Å². The fourth-order valence-electron chi connectivity index (χ4n) is 4.24. The van der Waals surface area contributed by atoms with Crippen LogP contribution in [-0.2, 0) is 11.2 Å². The van der Waals surface area contributed by atoms with Crippen LogP contribution < -0.4 is 5.32 Å². The molecule has 1 heterocycles. The highest BCUT2D eigenvalue weighted by molar-refractivity contribution is 6.30. The van der Waals surface area contributed by atoms with Gasteiger partial charge in [0, 0.05) is 34.5 Å². The number of carbonyl (C=O) groups excluding carboxylic acids is 1. The molecule has 0 saturated heterocycles. The maximum Gasteiger partial charge on any atom is 0.221 e. The van der Waals surface area contributed by atoms with E-state index in [1.165, 1.54) is 10.9 Å². The van der Waals surface area contributed by atoms with Crippen molar-refractivity contribution < 1.29 is 4.79 Å². The van der Waals surface area contributed by atoms with E-state index in [0.29, 0.717) is 11.4 Å². The normalized spacial score (nSPS) is 13.1. The zero-order valence-corrected chi connectivity index (χ0v) is 18.6. The first kappa shape index (κ1) is 21.2. The minimum Gasteiger partial charge on any atom is -0.361 e. The molecule has 3 nitrogen and oxygen atoms in total. The molecule has 0 fully saturated rings. The number of H-pyrrole nitrogens is 1. The van der Waals surface area contributed by atoms with Gasteiger partial charge in [0.15, 0.2) is 0 Å². The quantitative estimate of drug-likeness (QED) is 0.333. The number of hydrogen-bond acceptors (Lipinski definition) is 1. The van der Waals surface area contributed by atoms with E-state index < -0.39 is 0 Å². The van der Waals surface area contributed by atoms with Crippen LogP contribution in [0, 0.1) is 0 Å².